The SMILES string of the molecule is CCC(C)CCCCCCCCCCCCCCCCCCCCC(=O)O[C@H](COC(=O)CCCCCCCCC(C)CC)COP(=O)(O)OC[C@H](O)COP(=O)(O)OC[C@@H](COC(=O)CCCCCCCCCCCCCC(C)C)OC(=O)CCCCCCCCCCCC(C)C. The predicted molar refractivity (Wildman–Crippen MR) is 400 cm³/mol. The first-order valence-electron chi connectivity index (χ1n) is 40.8. The number of aliphatic hydroxyl groups is 1. The van der Waals surface area contributed by atoms with Crippen molar-refractivity contribution in [1.29, 1.82) is 0 Å². The molecule has 0 aliphatic rings. The van der Waals surface area contributed by atoms with Gasteiger partial charge in [-0.1, -0.05) is 351 Å². The maximum absolute atomic E-state index is 13.1. The number of esters is 4. The standard InChI is InChI=1S/C79H154O17P2/c1-9-71(7)57-49-41-33-27-21-17-15-13-11-12-14-16-18-22-29-35-45-53-61-78(83)96-75(66-90-77(82)60-52-44-38-37-42-50-58-72(8)10-2)68-94-98(87,88)92-64-73(80)63-91-97(85,86)93-67-74(95-79(84)62-54-46-36-30-24-26-32-40-48-56-70(5)6)65-89-76(81)59-51-43-34-28-23-19-20-25-31-39-47-55-69(3)4/h69-75,80H,9-68H2,1-8H3,(H,85,86)(H,87,88)/t71?,72?,73-,74-,75-/m1/s1. The molecule has 98 heavy (non-hydrogen) atoms. The van der Waals surface area contributed by atoms with Crippen molar-refractivity contribution in [3.05, 3.63) is 0 Å². The van der Waals surface area contributed by atoms with E-state index in [4.69, 9.17) is 37.0 Å². The van der Waals surface area contributed by atoms with Gasteiger partial charge in [0.25, 0.3) is 0 Å². The van der Waals surface area contributed by atoms with Crippen LogP contribution in [-0.2, 0) is 65.4 Å². The molecule has 0 rings (SSSR count). The number of carbonyl (C=O) groups is 4. The molecule has 0 aromatic rings. The number of ether oxygens (including phenoxy) is 4. The molecule has 0 radical (unpaired) electrons. The summed E-state index contributed by atoms with van der Waals surface area (Å²) in [6.45, 7) is 14.2. The first-order valence-corrected chi connectivity index (χ1v) is 43.8. The third-order valence-electron chi connectivity index (χ3n) is 19.0. The van der Waals surface area contributed by atoms with Gasteiger partial charge in [-0.25, -0.2) is 9.13 Å². The summed E-state index contributed by atoms with van der Waals surface area (Å²) in [5, 5.41) is 10.6. The number of rotatable bonds is 76. The first-order chi connectivity index (χ1) is 47.2. The number of hydrogen-bond donors (Lipinski definition) is 3. The minimum absolute atomic E-state index is 0.105. The highest BCUT2D eigenvalue weighted by Gasteiger charge is 2.30. The Bertz CT molecular complexity index is 1920. The summed E-state index contributed by atoms with van der Waals surface area (Å²) in [4.78, 5) is 72.9. The molecule has 0 spiro atoms. The zero-order chi connectivity index (χ0) is 72.4. The largest absolute Gasteiger partial charge is 0.472 e. The fourth-order valence-electron chi connectivity index (χ4n) is 12.0. The highest BCUT2D eigenvalue weighted by Crippen LogP contribution is 2.45. The first kappa shape index (κ1) is 96.1. The summed E-state index contributed by atoms with van der Waals surface area (Å²) in [7, 11) is -9.92. The molecule has 7 atom stereocenters. The van der Waals surface area contributed by atoms with Gasteiger partial charge in [0, 0.05) is 25.7 Å². The summed E-state index contributed by atoms with van der Waals surface area (Å²) < 4.78 is 68.6. The topological polar surface area (TPSA) is 237 Å². The Morgan fingerprint density at radius 3 is 0.724 bits per heavy atom. The Kier molecular flexibility index (Phi) is 66.8. The molecule has 4 unspecified atom stereocenters. The van der Waals surface area contributed by atoms with E-state index >= 15 is 0 Å². The van der Waals surface area contributed by atoms with Crippen molar-refractivity contribution in [3.8, 4) is 0 Å². The van der Waals surface area contributed by atoms with Crippen LogP contribution in [0.4, 0.5) is 0 Å². The fourth-order valence-corrected chi connectivity index (χ4v) is 13.6. The quantitative estimate of drug-likeness (QED) is 0.0222. The van der Waals surface area contributed by atoms with E-state index in [1.807, 2.05) is 0 Å². The molecule has 0 saturated carbocycles. The molecule has 0 aliphatic heterocycles. The third kappa shape index (κ3) is 69.8. The molecule has 19 heteroatoms. The van der Waals surface area contributed by atoms with E-state index in [-0.39, 0.29) is 25.7 Å². The van der Waals surface area contributed by atoms with Crippen LogP contribution >= 0.6 is 15.6 Å². The minimum Gasteiger partial charge on any atom is -0.462 e. The molecular weight excluding hydrogens is 1280 g/mol. The minimum atomic E-state index is -4.96. The molecular formula is C79H154O17P2. The van der Waals surface area contributed by atoms with E-state index < -0.39 is 97.5 Å². The van der Waals surface area contributed by atoms with Crippen molar-refractivity contribution < 1.29 is 80.2 Å². The van der Waals surface area contributed by atoms with Crippen LogP contribution in [0.15, 0.2) is 0 Å². The van der Waals surface area contributed by atoms with Crippen molar-refractivity contribution in [2.45, 2.75) is 420 Å². The maximum atomic E-state index is 13.1. The third-order valence-corrected chi connectivity index (χ3v) is 20.9. The molecule has 582 valence electrons. The average Bonchev–Trinajstić information content (AvgIpc) is 0.922. The van der Waals surface area contributed by atoms with E-state index in [1.54, 1.807) is 0 Å². The predicted octanol–water partition coefficient (Wildman–Crippen LogP) is 23.2. The number of aliphatic hydroxyl groups excluding tert-OH is 1. The zero-order valence-corrected chi connectivity index (χ0v) is 66.2. The van der Waals surface area contributed by atoms with E-state index in [1.165, 1.54) is 199 Å². The maximum Gasteiger partial charge on any atom is 0.472 e. The molecule has 0 heterocycles. The molecule has 0 bridgehead atoms. The van der Waals surface area contributed by atoms with E-state index in [0.29, 0.717) is 25.7 Å². The van der Waals surface area contributed by atoms with Crippen LogP contribution in [-0.4, -0.2) is 96.7 Å². The smallest absolute Gasteiger partial charge is 0.462 e. The van der Waals surface area contributed by atoms with E-state index in [0.717, 1.165) is 120 Å². The second-order valence-corrected chi connectivity index (χ2v) is 32.8. The summed E-state index contributed by atoms with van der Waals surface area (Å²) in [5.41, 5.74) is 0. The number of unbranched alkanes of at least 4 members (excludes halogenated alkanes) is 40. The van der Waals surface area contributed by atoms with Crippen molar-refractivity contribution in [1.82, 2.24) is 0 Å². The molecule has 17 nitrogen and oxygen atoms in total. The van der Waals surface area contributed by atoms with Gasteiger partial charge in [0.2, 0.25) is 0 Å². The lowest BCUT2D eigenvalue weighted by atomic mass is 9.99. The second-order valence-electron chi connectivity index (χ2n) is 29.9. The van der Waals surface area contributed by atoms with Crippen molar-refractivity contribution in [2.24, 2.45) is 23.7 Å². The Morgan fingerprint density at radius 1 is 0.286 bits per heavy atom. The van der Waals surface area contributed by atoms with E-state index in [2.05, 4.69) is 55.4 Å². The fraction of sp³-hybridized carbons (Fsp3) is 0.949. The van der Waals surface area contributed by atoms with Gasteiger partial charge in [-0.15, -0.1) is 0 Å². The number of phosphoric ester groups is 2. The van der Waals surface area contributed by atoms with Crippen molar-refractivity contribution >= 4 is 39.5 Å². The molecule has 0 saturated heterocycles. The summed E-state index contributed by atoms with van der Waals surface area (Å²) in [6, 6.07) is 0. The van der Waals surface area contributed by atoms with Crippen LogP contribution in [0.3, 0.4) is 0 Å². The average molecular weight is 1440 g/mol. The molecule has 0 amide bonds. The zero-order valence-electron chi connectivity index (χ0n) is 64.4. The van der Waals surface area contributed by atoms with Crippen molar-refractivity contribution in [2.75, 3.05) is 39.6 Å². The lowest BCUT2D eigenvalue weighted by Gasteiger charge is -2.21. The number of phosphoric acid groups is 2. The summed E-state index contributed by atoms with van der Waals surface area (Å²) in [6.07, 6.45) is 54.2. The normalized spacial score (nSPS) is 14.6. The van der Waals surface area contributed by atoms with Gasteiger partial charge < -0.3 is 33.8 Å². The molecule has 0 aliphatic carbocycles. The highest BCUT2D eigenvalue weighted by atomic mass is 31.2. The van der Waals surface area contributed by atoms with Crippen LogP contribution in [0.2, 0.25) is 0 Å². The summed E-state index contributed by atoms with van der Waals surface area (Å²) in [5.74, 6) is 0.990. The molecule has 0 fully saturated rings. The van der Waals surface area contributed by atoms with Crippen LogP contribution < -0.4 is 0 Å². The Morgan fingerprint density at radius 2 is 0.490 bits per heavy atom. The van der Waals surface area contributed by atoms with Gasteiger partial charge in [0.15, 0.2) is 12.2 Å². The second kappa shape index (κ2) is 68.2. The Hall–Kier alpha value is -1.94. The highest BCUT2D eigenvalue weighted by molar-refractivity contribution is 7.47. The van der Waals surface area contributed by atoms with Gasteiger partial charge in [-0.3, -0.25) is 37.3 Å². The van der Waals surface area contributed by atoms with Gasteiger partial charge >= 0.3 is 39.5 Å². The monoisotopic (exact) mass is 1440 g/mol. The van der Waals surface area contributed by atoms with Gasteiger partial charge in [-0.2, -0.15) is 0 Å². The molecule has 3 N–H and O–H groups in total. The Balaban J connectivity index is 5.18. The van der Waals surface area contributed by atoms with Gasteiger partial charge in [-0.05, 0) is 49.4 Å². The lowest BCUT2D eigenvalue weighted by molar-refractivity contribution is -0.161. The van der Waals surface area contributed by atoms with Crippen molar-refractivity contribution in [3.63, 3.8) is 0 Å². The van der Waals surface area contributed by atoms with Crippen LogP contribution in [0.25, 0.3) is 0 Å². The molecule has 0 aromatic heterocycles. The van der Waals surface area contributed by atoms with Crippen LogP contribution in [0, 0.1) is 23.7 Å². The molecule has 0 aromatic carbocycles. The lowest BCUT2D eigenvalue weighted by Crippen LogP contribution is -2.30. The van der Waals surface area contributed by atoms with Crippen LogP contribution in [0.1, 0.15) is 402 Å². The summed E-state index contributed by atoms with van der Waals surface area (Å²) >= 11 is 0. The van der Waals surface area contributed by atoms with Crippen LogP contribution in [0.5, 0.6) is 0 Å². The van der Waals surface area contributed by atoms with Gasteiger partial charge in [0.1, 0.15) is 19.3 Å². The van der Waals surface area contributed by atoms with E-state index in [9.17, 15) is 43.2 Å². The number of carbonyl (C=O) groups excluding carboxylic acids is 4. The number of hydrogen-bond acceptors (Lipinski definition) is 15. The Labute approximate surface area is 600 Å². The van der Waals surface area contributed by atoms with Gasteiger partial charge in [0.05, 0.1) is 26.4 Å².